The average Bonchev–Trinajstić information content (AvgIpc) is 3.08. The van der Waals surface area contributed by atoms with E-state index in [1.807, 2.05) is 57.2 Å². The number of halogens is 1. The Hall–Kier alpha value is -3.61. The average molecular weight is 420 g/mol. The molecular formula is C24H26FN5O. The number of aryl methyl sites for hydroxylation is 3. The van der Waals surface area contributed by atoms with Crippen molar-refractivity contribution in [2.45, 2.75) is 27.2 Å². The molecule has 0 aliphatic heterocycles. The number of ether oxygens (including phenoxy) is 1. The van der Waals surface area contributed by atoms with E-state index in [0.29, 0.717) is 23.7 Å². The van der Waals surface area contributed by atoms with Crippen molar-refractivity contribution in [3.05, 3.63) is 70.9 Å². The number of nitrogens with zero attached hydrogens (tertiary/aromatic N) is 2. The van der Waals surface area contributed by atoms with Crippen molar-refractivity contribution in [1.29, 1.82) is 0 Å². The lowest BCUT2D eigenvalue weighted by molar-refractivity contribution is 0.415. The maximum atomic E-state index is 14.2. The molecule has 0 aliphatic rings. The van der Waals surface area contributed by atoms with Gasteiger partial charge in [-0.05, 0) is 68.7 Å². The summed E-state index contributed by atoms with van der Waals surface area (Å²) < 4.78 is 19.4. The topological polar surface area (TPSA) is 74.9 Å². The minimum Gasteiger partial charge on any atom is -0.497 e. The van der Waals surface area contributed by atoms with E-state index in [2.05, 4.69) is 25.6 Å². The highest BCUT2D eigenvalue weighted by atomic mass is 19.1. The van der Waals surface area contributed by atoms with Crippen molar-refractivity contribution in [3.63, 3.8) is 0 Å². The van der Waals surface area contributed by atoms with Crippen LogP contribution in [0.4, 0.5) is 21.7 Å². The fourth-order valence-corrected chi connectivity index (χ4v) is 3.82. The largest absolute Gasteiger partial charge is 0.497 e. The summed E-state index contributed by atoms with van der Waals surface area (Å²) in [6.45, 7) is 6.53. The molecule has 0 saturated carbocycles. The van der Waals surface area contributed by atoms with Gasteiger partial charge in [0.15, 0.2) is 0 Å². The molecule has 160 valence electrons. The van der Waals surface area contributed by atoms with Crippen molar-refractivity contribution in [2.24, 2.45) is 0 Å². The van der Waals surface area contributed by atoms with Crippen LogP contribution in [-0.2, 0) is 6.42 Å². The summed E-state index contributed by atoms with van der Waals surface area (Å²) in [5.74, 6) is 2.70. The lowest BCUT2D eigenvalue weighted by Crippen LogP contribution is -2.09. The highest BCUT2D eigenvalue weighted by molar-refractivity contribution is 5.88. The summed E-state index contributed by atoms with van der Waals surface area (Å²) >= 11 is 0. The van der Waals surface area contributed by atoms with E-state index in [9.17, 15) is 4.39 Å². The van der Waals surface area contributed by atoms with Crippen LogP contribution in [0.3, 0.4) is 0 Å². The van der Waals surface area contributed by atoms with Gasteiger partial charge >= 0.3 is 0 Å². The number of rotatable bonds is 7. The van der Waals surface area contributed by atoms with Gasteiger partial charge in [0.2, 0.25) is 0 Å². The van der Waals surface area contributed by atoms with E-state index in [0.717, 1.165) is 45.9 Å². The number of benzene rings is 2. The molecule has 0 bridgehead atoms. The smallest absolute Gasteiger partial charge is 0.147 e. The zero-order valence-corrected chi connectivity index (χ0v) is 18.1. The van der Waals surface area contributed by atoms with Gasteiger partial charge < -0.3 is 20.4 Å². The minimum absolute atomic E-state index is 0.219. The summed E-state index contributed by atoms with van der Waals surface area (Å²) in [6.07, 6.45) is 0.750. The predicted octanol–water partition coefficient (Wildman–Crippen LogP) is 5.43. The molecule has 4 rings (SSSR count). The standard InChI is InChI=1S/C24H26FN5O/c1-14-5-10-20(25)24-23(14)19(15(2)27-24)11-12-26-21-13-22(29-16(3)28-21)30-17-6-8-18(31-4)9-7-17/h5-10,13,27H,11-12H2,1-4H3,(H2,26,28,29,30). The molecule has 0 saturated heterocycles. The predicted molar refractivity (Wildman–Crippen MR) is 123 cm³/mol. The normalized spacial score (nSPS) is 11.0. The Bertz CT molecular complexity index is 1220. The van der Waals surface area contributed by atoms with Gasteiger partial charge in [0.25, 0.3) is 0 Å². The van der Waals surface area contributed by atoms with Crippen molar-refractivity contribution >= 4 is 28.2 Å². The molecule has 0 unspecified atom stereocenters. The molecule has 3 N–H and O–H groups in total. The Morgan fingerprint density at radius 3 is 2.48 bits per heavy atom. The number of methoxy groups -OCH3 is 1. The highest BCUT2D eigenvalue weighted by Crippen LogP contribution is 2.28. The number of fused-ring (bicyclic) bond motifs is 1. The van der Waals surface area contributed by atoms with E-state index >= 15 is 0 Å². The molecule has 2 heterocycles. The van der Waals surface area contributed by atoms with E-state index in [1.54, 1.807) is 7.11 Å². The summed E-state index contributed by atoms with van der Waals surface area (Å²) in [5, 5.41) is 7.64. The first-order valence-corrected chi connectivity index (χ1v) is 10.2. The fourth-order valence-electron chi connectivity index (χ4n) is 3.82. The quantitative estimate of drug-likeness (QED) is 0.372. The monoisotopic (exact) mass is 419 g/mol. The Kier molecular flexibility index (Phi) is 5.75. The Labute approximate surface area is 180 Å². The highest BCUT2D eigenvalue weighted by Gasteiger charge is 2.14. The number of aromatic amines is 1. The molecule has 7 heteroatoms. The van der Waals surface area contributed by atoms with Crippen LogP contribution in [-0.4, -0.2) is 28.6 Å². The van der Waals surface area contributed by atoms with E-state index < -0.39 is 0 Å². The van der Waals surface area contributed by atoms with Crippen LogP contribution in [0, 0.1) is 26.6 Å². The molecule has 0 spiro atoms. The van der Waals surface area contributed by atoms with E-state index in [1.165, 1.54) is 6.07 Å². The molecule has 0 aliphatic carbocycles. The molecule has 4 aromatic rings. The molecule has 31 heavy (non-hydrogen) atoms. The fraction of sp³-hybridized carbons (Fsp3) is 0.250. The van der Waals surface area contributed by atoms with Crippen molar-refractivity contribution < 1.29 is 9.13 Å². The maximum Gasteiger partial charge on any atom is 0.147 e. The first-order chi connectivity index (χ1) is 14.9. The molecule has 2 aromatic carbocycles. The Morgan fingerprint density at radius 1 is 1.00 bits per heavy atom. The van der Waals surface area contributed by atoms with E-state index in [-0.39, 0.29) is 5.82 Å². The third kappa shape index (κ3) is 4.45. The second kappa shape index (κ2) is 8.63. The number of hydrogen-bond acceptors (Lipinski definition) is 5. The summed E-state index contributed by atoms with van der Waals surface area (Å²) in [6, 6.07) is 12.9. The molecule has 6 nitrogen and oxygen atoms in total. The Balaban J connectivity index is 1.47. The third-order valence-electron chi connectivity index (χ3n) is 5.31. The van der Waals surface area contributed by atoms with Crippen LogP contribution >= 0.6 is 0 Å². The summed E-state index contributed by atoms with van der Waals surface area (Å²) in [5.41, 5.74) is 4.68. The molecule has 0 fully saturated rings. The molecule has 0 radical (unpaired) electrons. The van der Waals surface area contributed by atoms with Crippen LogP contribution in [0.1, 0.15) is 22.6 Å². The number of anilines is 3. The molecular weight excluding hydrogens is 393 g/mol. The van der Waals surface area contributed by atoms with Crippen LogP contribution in [0.5, 0.6) is 5.75 Å². The van der Waals surface area contributed by atoms with Crippen LogP contribution in [0.25, 0.3) is 10.9 Å². The van der Waals surface area contributed by atoms with Gasteiger partial charge in [-0.3, -0.25) is 0 Å². The zero-order chi connectivity index (χ0) is 22.0. The Morgan fingerprint density at radius 2 is 1.74 bits per heavy atom. The van der Waals surface area contributed by atoms with Gasteiger partial charge in [0.1, 0.15) is 29.0 Å². The number of nitrogens with one attached hydrogen (secondary N) is 3. The molecule has 0 amide bonds. The lowest BCUT2D eigenvalue weighted by Gasteiger charge is -2.11. The molecule has 2 aromatic heterocycles. The molecule has 0 atom stereocenters. The summed E-state index contributed by atoms with van der Waals surface area (Å²) in [4.78, 5) is 12.1. The number of aromatic nitrogens is 3. The van der Waals surface area contributed by atoms with Gasteiger partial charge in [0.05, 0.1) is 12.6 Å². The number of hydrogen-bond donors (Lipinski definition) is 3. The van der Waals surface area contributed by atoms with Crippen LogP contribution < -0.4 is 15.4 Å². The minimum atomic E-state index is -0.219. The van der Waals surface area contributed by atoms with Gasteiger partial charge in [-0.15, -0.1) is 0 Å². The van der Waals surface area contributed by atoms with Gasteiger partial charge in [0, 0.05) is 29.4 Å². The van der Waals surface area contributed by atoms with Crippen LogP contribution in [0.15, 0.2) is 42.5 Å². The maximum absolute atomic E-state index is 14.2. The van der Waals surface area contributed by atoms with E-state index in [4.69, 9.17) is 4.74 Å². The first-order valence-electron chi connectivity index (χ1n) is 10.2. The van der Waals surface area contributed by atoms with Crippen molar-refractivity contribution in [1.82, 2.24) is 15.0 Å². The van der Waals surface area contributed by atoms with Crippen molar-refractivity contribution in [3.8, 4) is 5.75 Å². The third-order valence-corrected chi connectivity index (χ3v) is 5.31. The van der Waals surface area contributed by atoms with Gasteiger partial charge in [-0.1, -0.05) is 6.07 Å². The van der Waals surface area contributed by atoms with Crippen LogP contribution in [0.2, 0.25) is 0 Å². The lowest BCUT2D eigenvalue weighted by atomic mass is 10.0. The van der Waals surface area contributed by atoms with Gasteiger partial charge in [-0.2, -0.15) is 0 Å². The second-order valence-electron chi connectivity index (χ2n) is 7.56. The van der Waals surface area contributed by atoms with Crippen molar-refractivity contribution in [2.75, 3.05) is 24.3 Å². The number of H-pyrrole nitrogens is 1. The first kappa shape index (κ1) is 20.7. The SMILES string of the molecule is COc1ccc(Nc2cc(NCCc3c(C)[nH]c4c(F)ccc(C)c34)nc(C)n2)cc1. The summed E-state index contributed by atoms with van der Waals surface area (Å²) in [7, 11) is 1.64. The zero-order valence-electron chi connectivity index (χ0n) is 18.1. The van der Waals surface area contributed by atoms with Gasteiger partial charge in [-0.25, -0.2) is 14.4 Å². The second-order valence-corrected chi connectivity index (χ2v) is 7.56.